The van der Waals surface area contributed by atoms with E-state index >= 15 is 0 Å². The number of nitrogens with one attached hydrogen (secondary N) is 1. The van der Waals surface area contributed by atoms with Crippen LogP contribution in [0.4, 0.5) is 24.5 Å². The summed E-state index contributed by atoms with van der Waals surface area (Å²) in [5.74, 6) is 0.563. The minimum Gasteiger partial charge on any atom is -0.369 e. The number of piperazine rings is 1. The highest BCUT2D eigenvalue weighted by atomic mass is 19.4. The van der Waals surface area contributed by atoms with Gasteiger partial charge in [0.1, 0.15) is 5.82 Å². The molecule has 1 N–H and O–H groups in total. The molecule has 4 heterocycles. The molecule has 0 bridgehead atoms. The number of H-pyrrole nitrogens is 1. The fraction of sp³-hybridized carbons (Fsp3) is 0.419. The number of imidazole rings is 1. The summed E-state index contributed by atoms with van der Waals surface area (Å²) < 4.78 is 38.8. The van der Waals surface area contributed by atoms with Crippen LogP contribution < -0.4 is 9.80 Å². The molecule has 3 aromatic rings. The molecule has 7 nitrogen and oxygen atoms in total. The fourth-order valence-electron chi connectivity index (χ4n) is 6.12. The molecule has 0 unspecified atom stereocenters. The van der Waals surface area contributed by atoms with E-state index in [0.717, 1.165) is 92.6 Å². The van der Waals surface area contributed by atoms with Gasteiger partial charge in [-0.1, -0.05) is 24.8 Å². The molecular formula is C31H35F3N6O. The highest BCUT2D eigenvalue weighted by Gasteiger charge is 2.38. The molecular weight excluding hydrogens is 529 g/mol. The van der Waals surface area contributed by atoms with Gasteiger partial charge in [-0.2, -0.15) is 13.2 Å². The van der Waals surface area contributed by atoms with E-state index in [1.807, 2.05) is 17.9 Å². The zero-order valence-electron chi connectivity index (χ0n) is 23.5. The second kappa shape index (κ2) is 10.6. The SMILES string of the molecule is C=C1C(=O)N(C2CCN(Cc3nc(-c4ccc(C(F)(F)F)cc4)[nH]c3C)CC2)c2cc(N3CCN(C)CC3)ccc21. The van der Waals surface area contributed by atoms with Gasteiger partial charge >= 0.3 is 6.18 Å². The lowest BCUT2D eigenvalue weighted by Crippen LogP contribution is -2.46. The van der Waals surface area contributed by atoms with Crippen molar-refractivity contribution in [3.63, 3.8) is 0 Å². The maximum atomic E-state index is 13.3. The molecule has 0 radical (unpaired) electrons. The predicted molar refractivity (Wildman–Crippen MR) is 155 cm³/mol. The van der Waals surface area contributed by atoms with E-state index in [-0.39, 0.29) is 11.9 Å². The summed E-state index contributed by atoms with van der Waals surface area (Å²) in [5.41, 5.74) is 5.34. The number of anilines is 2. The number of halogens is 3. The van der Waals surface area contributed by atoms with Crippen molar-refractivity contribution in [2.45, 2.75) is 38.5 Å². The van der Waals surface area contributed by atoms with Crippen LogP contribution in [0.5, 0.6) is 0 Å². The Hall–Kier alpha value is -3.63. The van der Waals surface area contributed by atoms with Crippen LogP contribution in [0.25, 0.3) is 17.0 Å². The second-order valence-corrected chi connectivity index (χ2v) is 11.4. The number of likely N-dealkylation sites (tertiary alicyclic amines) is 1. The second-order valence-electron chi connectivity index (χ2n) is 11.4. The zero-order valence-corrected chi connectivity index (χ0v) is 23.5. The summed E-state index contributed by atoms with van der Waals surface area (Å²) in [5, 5.41) is 0. The topological polar surface area (TPSA) is 58.7 Å². The number of aryl methyl sites for hydroxylation is 1. The summed E-state index contributed by atoms with van der Waals surface area (Å²) in [7, 11) is 2.14. The van der Waals surface area contributed by atoms with E-state index < -0.39 is 11.7 Å². The van der Waals surface area contributed by atoms with Crippen molar-refractivity contribution in [3.05, 3.63) is 71.6 Å². The third-order valence-corrected chi connectivity index (χ3v) is 8.68. The Kier molecular flexibility index (Phi) is 7.15. The molecule has 2 saturated heterocycles. The van der Waals surface area contributed by atoms with Crippen LogP contribution in [-0.2, 0) is 17.5 Å². The monoisotopic (exact) mass is 564 g/mol. The van der Waals surface area contributed by atoms with Gasteiger partial charge in [-0.05, 0) is 51.1 Å². The van der Waals surface area contributed by atoms with Crippen LogP contribution >= 0.6 is 0 Å². The number of hydrogen-bond acceptors (Lipinski definition) is 5. The molecule has 1 amide bonds. The van der Waals surface area contributed by atoms with Crippen molar-refractivity contribution in [1.29, 1.82) is 0 Å². The van der Waals surface area contributed by atoms with Crippen LogP contribution in [0.3, 0.4) is 0 Å². The molecule has 0 aliphatic carbocycles. The number of piperidine rings is 1. The first-order valence-corrected chi connectivity index (χ1v) is 14.1. The largest absolute Gasteiger partial charge is 0.416 e. The first kappa shape index (κ1) is 27.5. The first-order chi connectivity index (χ1) is 19.6. The molecule has 216 valence electrons. The number of aromatic nitrogens is 2. The average Bonchev–Trinajstić information content (AvgIpc) is 3.44. The van der Waals surface area contributed by atoms with Gasteiger partial charge in [-0.15, -0.1) is 0 Å². The van der Waals surface area contributed by atoms with Crippen molar-refractivity contribution in [2.75, 3.05) is 56.1 Å². The van der Waals surface area contributed by atoms with Gasteiger partial charge in [0.15, 0.2) is 0 Å². The Morgan fingerprint density at radius 1 is 1.00 bits per heavy atom. The molecule has 3 aliphatic heterocycles. The molecule has 2 aromatic carbocycles. The minimum absolute atomic E-state index is 0.00157. The number of amides is 1. The Morgan fingerprint density at radius 3 is 2.34 bits per heavy atom. The maximum absolute atomic E-state index is 13.3. The molecule has 0 spiro atoms. The van der Waals surface area contributed by atoms with E-state index in [1.54, 1.807) is 0 Å². The number of alkyl halides is 3. The third-order valence-electron chi connectivity index (χ3n) is 8.68. The van der Waals surface area contributed by atoms with Gasteiger partial charge in [0, 0.05) is 79.9 Å². The van der Waals surface area contributed by atoms with Crippen molar-refractivity contribution in [1.82, 2.24) is 19.8 Å². The highest BCUT2D eigenvalue weighted by Crippen LogP contribution is 2.41. The lowest BCUT2D eigenvalue weighted by Gasteiger charge is -2.37. The number of carbonyl (C=O) groups is 1. The fourth-order valence-corrected chi connectivity index (χ4v) is 6.12. The standard InChI is InChI=1S/C31H35F3N6O/c1-20-26-9-8-25(39-16-14-37(3)15-17-39)18-28(26)40(30(20)41)24-10-12-38(13-11-24)19-27-21(2)35-29(36-27)22-4-6-23(7-5-22)31(32,33)34/h4-9,18,24H,1,10-17,19H2,2-3H3,(H,35,36). The molecule has 41 heavy (non-hydrogen) atoms. The Morgan fingerprint density at radius 2 is 1.68 bits per heavy atom. The normalized spacial score (nSPS) is 19.3. The van der Waals surface area contributed by atoms with Gasteiger partial charge in [0.25, 0.3) is 5.91 Å². The van der Waals surface area contributed by atoms with E-state index in [2.05, 4.69) is 45.4 Å². The van der Waals surface area contributed by atoms with E-state index in [4.69, 9.17) is 4.98 Å². The summed E-state index contributed by atoms with van der Waals surface area (Å²) in [6, 6.07) is 11.5. The first-order valence-electron chi connectivity index (χ1n) is 14.1. The van der Waals surface area contributed by atoms with Crippen LogP contribution in [0.15, 0.2) is 49.0 Å². The van der Waals surface area contributed by atoms with Crippen LogP contribution in [0.1, 0.15) is 35.4 Å². The van der Waals surface area contributed by atoms with Gasteiger partial charge in [-0.25, -0.2) is 4.98 Å². The summed E-state index contributed by atoms with van der Waals surface area (Å²) in [6.07, 6.45) is -2.68. The van der Waals surface area contributed by atoms with Gasteiger partial charge in [0.05, 0.1) is 16.9 Å². The minimum atomic E-state index is -4.36. The molecule has 3 aliphatic rings. The smallest absolute Gasteiger partial charge is 0.369 e. The van der Waals surface area contributed by atoms with Crippen molar-refractivity contribution >= 4 is 22.9 Å². The summed E-state index contributed by atoms with van der Waals surface area (Å²) in [6.45, 7) is 12.3. The highest BCUT2D eigenvalue weighted by molar-refractivity contribution is 6.32. The van der Waals surface area contributed by atoms with Gasteiger partial charge in [0.2, 0.25) is 0 Å². The van der Waals surface area contributed by atoms with Crippen molar-refractivity contribution in [3.8, 4) is 11.4 Å². The van der Waals surface area contributed by atoms with Gasteiger partial charge < -0.3 is 19.7 Å². The number of nitrogens with zero attached hydrogens (tertiary/aromatic N) is 5. The molecule has 2 fully saturated rings. The number of aromatic amines is 1. The number of rotatable bonds is 5. The number of carbonyl (C=O) groups excluding carboxylic acids is 1. The number of benzene rings is 2. The molecule has 0 atom stereocenters. The zero-order chi connectivity index (χ0) is 28.9. The Labute approximate surface area is 238 Å². The average molecular weight is 565 g/mol. The molecule has 10 heteroatoms. The lowest BCUT2D eigenvalue weighted by atomic mass is 10.0. The summed E-state index contributed by atoms with van der Waals surface area (Å²) >= 11 is 0. The van der Waals surface area contributed by atoms with Crippen molar-refractivity contribution in [2.24, 2.45) is 0 Å². The Bertz CT molecular complexity index is 1450. The summed E-state index contributed by atoms with van der Waals surface area (Å²) in [4.78, 5) is 30.3. The van der Waals surface area contributed by atoms with Gasteiger partial charge in [-0.3, -0.25) is 9.69 Å². The molecule has 0 saturated carbocycles. The number of hydrogen-bond donors (Lipinski definition) is 1. The lowest BCUT2D eigenvalue weighted by molar-refractivity contribution is -0.137. The molecule has 1 aromatic heterocycles. The predicted octanol–water partition coefficient (Wildman–Crippen LogP) is 5.18. The molecule has 6 rings (SSSR count). The van der Waals surface area contributed by atoms with E-state index in [9.17, 15) is 18.0 Å². The van der Waals surface area contributed by atoms with Crippen LogP contribution in [0.2, 0.25) is 0 Å². The van der Waals surface area contributed by atoms with Crippen molar-refractivity contribution < 1.29 is 18.0 Å². The van der Waals surface area contributed by atoms with Crippen LogP contribution in [-0.4, -0.2) is 78.0 Å². The number of fused-ring (bicyclic) bond motifs is 1. The van der Waals surface area contributed by atoms with E-state index in [0.29, 0.717) is 23.5 Å². The quantitative estimate of drug-likeness (QED) is 0.433. The third kappa shape index (κ3) is 5.38. The Balaban J connectivity index is 1.12. The van der Waals surface area contributed by atoms with Crippen LogP contribution in [0, 0.1) is 6.92 Å². The van der Waals surface area contributed by atoms with E-state index in [1.165, 1.54) is 12.1 Å². The maximum Gasteiger partial charge on any atom is 0.416 e. The number of likely N-dealkylation sites (N-methyl/N-ethyl adjacent to an activating group) is 1.